The number of ketones is 1. The average Bonchev–Trinajstić information content (AvgIpc) is 3.11. The van der Waals surface area contributed by atoms with Crippen molar-refractivity contribution in [1.29, 1.82) is 0 Å². The molecule has 30 heavy (non-hydrogen) atoms. The number of hydrogen-bond acceptors (Lipinski definition) is 5. The molecule has 2 heterocycles. The van der Waals surface area contributed by atoms with Crippen LogP contribution in [-0.4, -0.2) is 31.5 Å². The molecular weight excluding hydrogens is 383 g/mol. The fraction of sp³-hybridized carbons (Fsp3) is 0.375. The molecule has 1 fully saturated rings. The number of para-hydroxylation sites is 1. The zero-order valence-electron chi connectivity index (χ0n) is 17.0. The standard InChI is InChI=1S/C24H27FN2O3/c25-17-8-10-19(11-9-17)29-16-4-3-6-21(27-18-12-14-26-15-13-18)24-23(28)20-5-1-2-7-22(20)30-24/h1-2,5,7-11,18,26-27H,3-4,6,12-16H2. The maximum Gasteiger partial charge on any atom is 0.233 e. The lowest BCUT2D eigenvalue weighted by Crippen LogP contribution is -2.40. The molecule has 5 nitrogen and oxygen atoms in total. The third-order valence-electron chi connectivity index (χ3n) is 5.45. The topological polar surface area (TPSA) is 59.6 Å². The van der Waals surface area contributed by atoms with Gasteiger partial charge >= 0.3 is 0 Å². The summed E-state index contributed by atoms with van der Waals surface area (Å²) < 4.78 is 24.6. The molecule has 0 unspecified atom stereocenters. The van der Waals surface area contributed by atoms with E-state index in [4.69, 9.17) is 9.47 Å². The van der Waals surface area contributed by atoms with Gasteiger partial charge in [0.05, 0.1) is 17.9 Å². The van der Waals surface area contributed by atoms with Crippen molar-refractivity contribution >= 4 is 5.78 Å². The minimum atomic E-state index is -0.273. The largest absolute Gasteiger partial charge is 0.494 e. The van der Waals surface area contributed by atoms with Gasteiger partial charge in [0.1, 0.15) is 17.3 Å². The van der Waals surface area contributed by atoms with Gasteiger partial charge in [0.25, 0.3) is 0 Å². The molecule has 0 spiro atoms. The molecule has 4 rings (SSSR count). The van der Waals surface area contributed by atoms with Crippen molar-refractivity contribution in [2.45, 2.75) is 38.1 Å². The van der Waals surface area contributed by atoms with Crippen molar-refractivity contribution in [3.8, 4) is 11.5 Å². The highest BCUT2D eigenvalue weighted by molar-refractivity contribution is 6.12. The number of carbonyl (C=O) groups is 1. The fourth-order valence-electron chi connectivity index (χ4n) is 3.81. The van der Waals surface area contributed by atoms with E-state index in [1.807, 2.05) is 24.3 Å². The van der Waals surface area contributed by atoms with Crippen LogP contribution in [0.3, 0.4) is 0 Å². The van der Waals surface area contributed by atoms with Gasteiger partial charge in [-0.1, -0.05) is 12.1 Å². The van der Waals surface area contributed by atoms with Crippen LogP contribution in [0.25, 0.3) is 0 Å². The van der Waals surface area contributed by atoms with Crippen LogP contribution in [-0.2, 0) is 0 Å². The summed E-state index contributed by atoms with van der Waals surface area (Å²) in [6.07, 6.45) is 4.43. The Bertz CT molecular complexity index is 905. The van der Waals surface area contributed by atoms with Crippen LogP contribution in [0.2, 0.25) is 0 Å². The minimum Gasteiger partial charge on any atom is -0.494 e. The van der Waals surface area contributed by atoms with E-state index in [2.05, 4.69) is 10.6 Å². The van der Waals surface area contributed by atoms with Crippen molar-refractivity contribution in [3.05, 3.63) is 71.4 Å². The van der Waals surface area contributed by atoms with Gasteiger partial charge < -0.3 is 20.1 Å². The zero-order chi connectivity index (χ0) is 20.8. The lowest BCUT2D eigenvalue weighted by atomic mass is 10.0. The summed E-state index contributed by atoms with van der Waals surface area (Å²) in [5, 5.41) is 6.95. The van der Waals surface area contributed by atoms with E-state index >= 15 is 0 Å². The number of carbonyl (C=O) groups excluding carboxylic acids is 1. The molecule has 0 atom stereocenters. The SMILES string of the molecule is O=C1C(=C(CCCCOc2ccc(F)cc2)NC2CCNCC2)Oc2ccccc21. The Balaban J connectivity index is 1.38. The first-order valence-electron chi connectivity index (χ1n) is 10.6. The van der Waals surface area contributed by atoms with Crippen LogP contribution in [0.15, 0.2) is 60.0 Å². The number of ether oxygens (including phenoxy) is 2. The summed E-state index contributed by atoms with van der Waals surface area (Å²) in [4.78, 5) is 12.9. The number of benzene rings is 2. The molecule has 2 aromatic carbocycles. The van der Waals surface area contributed by atoms with Crippen LogP contribution in [0.5, 0.6) is 11.5 Å². The molecule has 6 heteroatoms. The molecule has 0 aromatic heterocycles. The lowest BCUT2D eigenvalue weighted by Gasteiger charge is -2.26. The van der Waals surface area contributed by atoms with Crippen LogP contribution in [0.4, 0.5) is 4.39 Å². The van der Waals surface area contributed by atoms with Crippen molar-refractivity contribution in [1.82, 2.24) is 10.6 Å². The Morgan fingerprint density at radius 3 is 2.63 bits per heavy atom. The van der Waals surface area contributed by atoms with Crippen LogP contribution in [0.1, 0.15) is 42.5 Å². The summed E-state index contributed by atoms with van der Waals surface area (Å²) in [5.74, 6) is 1.39. The summed E-state index contributed by atoms with van der Waals surface area (Å²) in [6.45, 7) is 2.48. The quantitative estimate of drug-likeness (QED) is 0.505. The zero-order valence-corrected chi connectivity index (χ0v) is 17.0. The summed E-state index contributed by atoms with van der Waals surface area (Å²) in [7, 11) is 0. The minimum absolute atomic E-state index is 0.0513. The number of nitrogens with one attached hydrogen (secondary N) is 2. The highest BCUT2D eigenvalue weighted by atomic mass is 19.1. The van der Waals surface area contributed by atoms with Crippen LogP contribution < -0.4 is 20.1 Å². The molecule has 0 radical (unpaired) electrons. The molecule has 1 saturated heterocycles. The summed E-state index contributed by atoms with van der Waals surface area (Å²) in [6, 6.07) is 13.8. The van der Waals surface area contributed by atoms with E-state index in [0.717, 1.165) is 44.5 Å². The third kappa shape index (κ3) is 5.00. The second-order valence-corrected chi connectivity index (χ2v) is 7.66. The second-order valence-electron chi connectivity index (χ2n) is 7.66. The van der Waals surface area contributed by atoms with Crippen molar-refractivity contribution in [2.75, 3.05) is 19.7 Å². The predicted molar refractivity (Wildman–Crippen MR) is 113 cm³/mol. The summed E-state index contributed by atoms with van der Waals surface area (Å²) >= 11 is 0. The predicted octanol–water partition coefficient (Wildman–Crippen LogP) is 4.20. The van der Waals surface area contributed by atoms with E-state index in [-0.39, 0.29) is 11.6 Å². The first-order chi connectivity index (χ1) is 14.7. The van der Waals surface area contributed by atoms with Crippen molar-refractivity contribution < 1.29 is 18.7 Å². The number of hydrogen-bond donors (Lipinski definition) is 2. The molecule has 2 aromatic rings. The molecule has 0 saturated carbocycles. The first kappa shape index (κ1) is 20.4. The molecule has 0 amide bonds. The number of rotatable bonds is 8. The molecule has 158 valence electrons. The first-order valence-corrected chi connectivity index (χ1v) is 10.6. The normalized spacial score (nSPS) is 18.0. The van der Waals surface area contributed by atoms with Crippen molar-refractivity contribution in [2.24, 2.45) is 0 Å². The Labute approximate surface area is 176 Å². The van der Waals surface area contributed by atoms with Gasteiger partial charge in [0, 0.05) is 6.04 Å². The van der Waals surface area contributed by atoms with Crippen molar-refractivity contribution in [3.63, 3.8) is 0 Å². The van der Waals surface area contributed by atoms with Crippen LogP contribution in [0, 0.1) is 5.82 Å². The van der Waals surface area contributed by atoms with E-state index in [9.17, 15) is 9.18 Å². The Kier molecular flexibility index (Phi) is 6.64. The van der Waals surface area contributed by atoms with Gasteiger partial charge in [-0.05, 0) is 81.6 Å². The highest BCUT2D eigenvalue weighted by Gasteiger charge is 2.30. The number of unbranched alkanes of at least 4 members (excludes halogenated alkanes) is 1. The van der Waals surface area contributed by atoms with E-state index in [1.165, 1.54) is 12.1 Å². The molecule has 0 bridgehead atoms. The molecule has 2 N–H and O–H groups in total. The lowest BCUT2D eigenvalue weighted by molar-refractivity contribution is 0.101. The number of allylic oxidation sites excluding steroid dienone is 2. The maximum atomic E-state index is 13.0. The van der Waals surface area contributed by atoms with Crippen LogP contribution >= 0.6 is 0 Å². The monoisotopic (exact) mass is 410 g/mol. The maximum absolute atomic E-state index is 13.0. The van der Waals surface area contributed by atoms with Gasteiger partial charge in [-0.2, -0.15) is 0 Å². The van der Waals surface area contributed by atoms with Gasteiger partial charge in [0.15, 0.2) is 5.76 Å². The Hall–Kier alpha value is -2.86. The number of halogens is 1. The Morgan fingerprint density at radius 1 is 1.10 bits per heavy atom. The van der Waals surface area contributed by atoms with E-state index in [0.29, 0.717) is 41.9 Å². The van der Waals surface area contributed by atoms with E-state index in [1.54, 1.807) is 12.1 Å². The number of Topliss-reactive ketones (excluding diaryl/α,β-unsaturated/α-hetero) is 1. The van der Waals surface area contributed by atoms with Gasteiger partial charge in [-0.3, -0.25) is 4.79 Å². The second kappa shape index (κ2) is 9.76. The molecule has 2 aliphatic rings. The molecule has 0 aliphatic carbocycles. The third-order valence-corrected chi connectivity index (χ3v) is 5.45. The summed E-state index contributed by atoms with van der Waals surface area (Å²) in [5.41, 5.74) is 1.50. The average molecular weight is 410 g/mol. The smallest absolute Gasteiger partial charge is 0.233 e. The highest BCUT2D eigenvalue weighted by Crippen LogP contribution is 2.32. The van der Waals surface area contributed by atoms with E-state index < -0.39 is 0 Å². The molecular formula is C24H27FN2O3. The van der Waals surface area contributed by atoms with Gasteiger partial charge in [-0.15, -0.1) is 0 Å². The Morgan fingerprint density at radius 2 is 1.87 bits per heavy atom. The number of fused-ring (bicyclic) bond motifs is 1. The molecule has 2 aliphatic heterocycles. The number of piperidine rings is 1. The fourth-order valence-corrected chi connectivity index (χ4v) is 3.81. The van der Waals surface area contributed by atoms with Gasteiger partial charge in [0.2, 0.25) is 5.78 Å². The van der Waals surface area contributed by atoms with Gasteiger partial charge in [-0.25, -0.2) is 4.39 Å².